The first kappa shape index (κ1) is 21.8. The molecule has 2 aromatic rings. The number of carbonyl (C=O) groups excluding carboxylic acids is 3. The van der Waals surface area contributed by atoms with E-state index in [1.165, 1.54) is 7.11 Å². The molecule has 2 aromatic carbocycles. The molecule has 0 unspecified atom stereocenters. The number of amides is 2. The summed E-state index contributed by atoms with van der Waals surface area (Å²) in [6.07, 6.45) is 0.785. The van der Waals surface area contributed by atoms with Crippen LogP contribution in [0, 0.1) is 0 Å². The van der Waals surface area contributed by atoms with Crippen molar-refractivity contribution in [3.8, 4) is 0 Å². The number of benzene rings is 2. The fourth-order valence-corrected chi connectivity index (χ4v) is 3.54. The molecule has 158 valence electrons. The molecule has 2 amide bonds. The lowest BCUT2D eigenvalue weighted by Gasteiger charge is -2.22. The third kappa shape index (κ3) is 5.81. The van der Waals surface area contributed by atoms with E-state index in [1.807, 2.05) is 4.90 Å². The number of methoxy groups -OCH3 is 1. The summed E-state index contributed by atoms with van der Waals surface area (Å²) in [5.74, 6) is -0.612. The van der Waals surface area contributed by atoms with E-state index < -0.39 is 5.97 Å². The van der Waals surface area contributed by atoms with Crippen LogP contribution in [0.1, 0.15) is 27.1 Å². The molecule has 0 bridgehead atoms. The minimum atomic E-state index is -0.422. The third-order valence-corrected chi connectivity index (χ3v) is 5.14. The molecule has 7 nitrogen and oxygen atoms in total. The van der Waals surface area contributed by atoms with E-state index in [0.717, 1.165) is 13.0 Å². The normalized spacial score (nSPS) is 14.7. The van der Waals surface area contributed by atoms with Gasteiger partial charge in [-0.25, -0.2) is 4.79 Å². The number of anilines is 1. The molecule has 1 saturated heterocycles. The van der Waals surface area contributed by atoms with E-state index in [4.69, 9.17) is 11.6 Å². The molecular weight excluding hydrogens is 406 g/mol. The Morgan fingerprint density at radius 1 is 1.00 bits per heavy atom. The number of carbonyl (C=O) groups is 3. The maximum absolute atomic E-state index is 12.7. The average molecular weight is 430 g/mol. The molecule has 0 aromatic heterocycles. The Labute approximate surface area is 180 Å². The van der Waals surface area contributed by atoms with E-state index in [-0.39, 0.29) is 18.4 Å². The Bertz CT molecular complexity index is 917. The van der Waals surface area contributed by atoms with Gasteiger partial charge in [-0.05, 0) is 48.9 Å². The van der Waals surface area contributed by atoms with E-state index in [9.17, 15) is 14.4 Å². The average Bonchev–Trinajstić information content (AvgIpc) is 2.98. The summed E-state index contributed by atoms with van der Waals surface area (Å²) in [6.45, 7) is 2.76. The summed E-state index contributed by atoms with van der Waals surface area (Å²) in [6, 6.07) is 13.5. The summed E-state index contributed by atoms with van der Waals surface area (Å²) in [5, 5.41) is 3.37. The molecule has 1 fully saturated rings. The van der Waals surface area contributed by atoms with Crippen molar-refractivity contribution in [2.24, 2.45) is 0 Å². The third-order valence-electron chi connectivity index (χ3n) is 4.90. The summed E-state index contributed by atoms with van der Waals surface area (Å²) >= 11 is 5.99. The van der Waals surface area contributed by atoms with Crippen molar-refractivity contribution in [3.63, 3.8) is 0 Å². The summed E-state index contributed by atoms with van der Waals surface area (Å²) < 4.78 is 4.66. The van der Waals surface area contributed by atoms with Gasteiger partial charge in [-0.1, -0.05) is 17.7 Å². The zero-order valence-corrected chi connectivity index (χ0v) is 17.5. The van der Waals surface area contributed by atoms with Gasteiger partial charge in [0.1, 0.15) is 0 Å². The quantitative estimate of drug-likeness (QED) is 0.739. The van der Waals surface area contributed by atoms with Crippen molar-refractivity contribution in [1.29, 1.82) is 0 Å². The van der Waals surface area contributed by atoms with Crippen molar-refractivity contribution < 1.29 is 19.1 Å². The lowest BCUT2D eigenvalue weighted by molar-refractivity contribution is -0.117. The van der Waals surface area contributed by atoms with Crippen LogP contribution < -0.4 is 5.32 Å². The molecule has 0 atom stereocenters. The van der Waals surface area contributed by atoms with Crippen LogP contribution in [0.3, 0.4) is 0 Å². The maximum atomic E-state index is 12.7. The zero-order chi connectivity index (χ0) is 21.5. The lowest BCUT2D eigenvalue weighted by Crippen LogP contribution is -2.38. The summed E-state index contributed by atoms with van der Waals surface area (Å²) in [7, 11) is 1.32. The van der Waals surface area contributed by atoms with Crippen LogP contribution in [0.15, 0.2) is 48.5 Å². The second kappa shape index (κ2) is 10.2. The first-order valence-corrected chi connectivity index (χ1v) is 10.1. The molecule has 30 heavy (non-hydrogen) atoms. The lowest BCUT2D eigenvalue weighted by atomic mass is 10.2. The van der Waals surface area contributed by atoms with Gasteiger partial charge in [0.25, 0.3) is 5.91 Å². The molecule has 1 N–H and O–H groups in total. The topological polar surface area (TPSA) is 79.0 Å². The van der Waals surface area contributed by atoms with Crippen LogP contribution in [0.2, 0.25) is 5.02 Å². The van der Waals surface area contributed by atoms with Gasteiger partial charge < -0.3 is 15.0 Å². The number of nitrogens with one attached hydrogen (secondary N) is 1. The van der Waals surface area contributed by atoms with Gasteiger partial charge in [0.2, 0.25) is 5.91 Å². The van der Waals surface area contributed by atoms with E-state index in [2.05, 4.69) is 10.1 Å². The molecule has 1 heterocycles. The fourth-order valence-electron chi connectivity index (χ4n) is 3.35. The number of rotatable bonds is 5. The standard InChI is InChI=1S/C22H24ClN3O4/c1-30-22(29)16-6-8-19(9-7-16)24-20(27)15-25-10-3-11-26(13-12-25)21(28)17-4-2-5-18(23)14-17/h2,4-9,14H,3,10-13,15H2,1H3,(H,24,27). The van der Waals surface area contributed by atoms with Crippen molar-refractivity contribution in [3.05, 3.63) is 64.7 Å². The van der Waals surface area contributed by atoms with E-state index in [0.29, 0.717) is 41.5 Å². The van der Waals surface area contributed by atoms with E-state index in [1.54, 1.807) is 53.4 Å². The van der Waals surface area contributed by atoms with Crippen molar-refractivity contribution in [2.75, 3.05) is 45.2 Å². The number of esters is 1. The molecule has 0 saturated carbocycles. The number of hydrogen-bond acceptors (Lipinski definition) is 5. The first-order chi connectivity index (χ1) is 14.5. The monoisotopic (exact) mass is 429 g/mol. The van der Waals surface area contributed by atoms with Gasteiger partial charge in [-0.3, -0.25) is 14.5 Å². The second-order valence-electron chi connectivity index (χ2n) is 7.05. The number of nitrogens with zero attached hydrogens (tertiary/aromatic N) is 2. The predicted octanol–water partition coefficient (Wildman–Crippen LogP) is 2.91. The van der Waals surface area contributed by atoms with Gasteiger partial charge in [-0.15, -0.1) is 0 Å². The highest BCUT2D eigenvalue weighted by molar-refractivity contribution is 6.30. The summed E-state index contributed by atoms with van der Waals surface area (Å²) in [5.41, 5.74) is 1.61. The van der Waals surface area contributed by atoms with Crippen LogP contribution in [-0.2, 0) is 9.53 Å². The van der Waals surface area contributed by atoms with Crippen LogP contribution in [0.5, 0.6) is 0 Å². The predicted molar refractivity (Wildman–Crippen MR) is 115 cm³/mol. The van der Waals surface area contributed by atoms with Crippen LogP contribution in [0.25, 0.3) is 0 Å². The number of ether oxygens (including phenoxy) is 1. The Hall–Kier alpha value is -2.90. The highest BCUT2D eigenvalue weighted by atomic mass is 35.5. The second-order valence-corrected chi connectivity index (χ2v) is 7.49. The molecule has 0 aliphatic carbocycles. The summed E-state index contributed by atoms with van der Waals surface area (Å²) in [4.78, 5) is 40.4. The maximum Gasteiger partial charge on any atom is 0.337 e. The molecule has 1 aliphatic rings. The van der Waals surface area contributed by atoms with E-state index >= 15 is 0 Å². The molecular formula is C22H24ClN3O4. The highest BCUT2D eigenvalue weighted by Crippen LogP contribution is 2.15. The fraction of sp³-hybridized carbons (Fsp3) is 0.318. The number of hydrogen-bond donors (Lipinski definition) is 1. The van der Waals surface area contributed by atoms with Crippen molar-refractivity contribution in [2.45, 2.75) is 6.42 Å². The Kier molecular flexibility index (Phi) is 7.43. The highest BCUT2D eigenvalue weighted by Gasteiger charge is 2.21. The van der Waals surface area contributed by atoms with Gasteiger partial charge in [0.15, 0.2) is 0 Å². The molecule has 0 radical (unpaired) electrons. The Balaban J connectivity index is 1.51. The molecule has 8 heteroatoms. The minimum absolute atomic E-state index is 0.0468. The first-order valence-electron chi connectivity index (χ1n) is 9.71. The van der Waals surface area contributed by atoms with Crippen molar-refractivity contribution >= 4 is 35.1 Å². The molecule has 1 aliphatic heterocycles. The SMILES string of the molecule is COC(=O)c1ccc(NC(=O)CN2CCCN(C(=O)c3cccc(Cl)c3)CC2)cc1. The molecule has 3 rings (SSSR count). The Morgan fingerprint density at radius 2 is 1.77 bits per heavy atom. The van der Waals surface area contributed by atoms with Gasteiger partial charge in [0, 0.05) is 42.5 Å². The van der Waals surface area contributed by atoms with Crippen LogP contribution in [0.4, 0.5) is 5.69 Å². The van der Waals surface area contributed by atoms with Gasteiger partial charge in [0.05, 0.1) is 19.2 Å². The smallest absolute Gasteiger partial charge is 0.337 e. The zero-order valence-electron chi connectivity index (χ0n) is 16.8. The Morgan fingerprint density at radius 3 is 2.47 bits per heavy atom. The largest absolute Gasteiger partial charge is 0.465 e. The van der Waals surface area contributed by atoms with Gasteiger partial charge >= 0.3 is 5.97 Å². The minimum Gasteiger partial charge on any atom is -0.465 e. The van der Waals surface area contributed by atoms with Gasteiger partial charge in [-0.2, -0.15) is 0 Å². The van der Waals surface area contributed by atoms with Crippen LogP contribution >= 0.6 is 11.6 Å². The van der Waals surface area contributed by atoms with Crippen LogP contribution in [-0.4, -0.2) is 67.4 Å². The van der Waals surface area contributed by atoms with Crippen molar-refractivity contribution in [1.82, 2.24) is 9.80 Å². The number of halogens is 1. The molecule has 0 spiro atoms.